The van der Waals surface area contributed by atoms with Gasteiger partial charge in [-0.1, -0.05) is 146 Å². The number of fused-ring (bicyclic) bond motifs is 7. The summed E-state index contributed by atoms with van der Waals surface area (Å²) in [6, 6.07) is 37.8. The molecule has 0 radical (unpaired) electrons. The zero-order valence-electron chi connectivity index (χ0n) is 46.9. The number of anilines is 4. The van der Waals surface area contributed by atoms with Crippen LogP contribution in [0.15, 0.2) is 158 Å². The Morgan fingerprint density at radius 1 is 0.537 bits per heavy atom. The molecule has 0 saturated carbocycles. The van der Waals surface area contributed by atoms with Crippen molar-refractivity contribution in [3.05, 3.63) is 193 Å². The molecule has 1 aliphatic heterocycles. The van der Waals surface area contributed by atoms with E-state index in [1.807, 2.05) is 65.2 Å². The molecule has 0 spiro atoms. The second kappa shape index (κ2) is 16.3. The van der Waals surface area contributed by atoms with Gasteiger partial charge in [-0.05, 0) is 98.6 Å². The van der Waals surface area contributed by atoms with Crippen LogP contribution in [0.2, 0.25) is 0 Å². The van der Waals surface area contributed by atoms with Gasteiger partial charge in [0.2, 0.25) is 0 Å². The molecule has 1 aliphatic rings. The van der Waals surface area contributed by atoms with E-state index >= 15 is 0 Å². The van der Waals surface area contributed by atoms with Crippen molar-refractivity contribution in [2.45, 2.75) is 78.6 Å². The van der Waals surface area contributed by atoms with Crippen LogP contribution in [0.1, 0.15) is 90.0 Å². The van der Waals surface area contributed by atoms with Gasteiger partial charge >= 0.3 is 0 Å². The molecule has 6 nitrogen and oxygen atoms in total. The number of benzene rings is 7. The van der Waals surface area contributed by atoms with Gasteiger partial charge in [-0.15, -0.1) is 42.7 Å². The van der Waals surface area contributed by atoms with Crippen LogP contribution >= 0.6 is 0 Å². The van der Waals surface area contributed by atoms with Crippen LogP contribution in [0.3, 0.4) is 0 Å². The molecule has 0 N–H and O–H groups in total. The quantitative estimate of drug-likeness (QED) is 0.156. The summed E-state index contributed by atoms with van der Waals surface area (Å²) >= 11 is 0. The number of rotatable bonds is 6. The average Bonchev–Trinajstić information content (AvgIpc) is 4.04. The fraction of sp³-hybridized carbons (Fsp3) is 0.200. The SMILES string of the molecule is [2H]c1c([2H])c([2H])c2c(c1[2H])c1c([2H])c([2H])c([2H])c([2H])c1n2-c1cc2c3ccccc3n(-c3cc(C(C)(C)C)ccn3)c2[c-]c1Oc1[c-]c(N2[CH-]N(c3cc(C(C)(C)C)cc(C(C)(C)C)c3)c3ccccc32)ccc1.[Pt]. The Bertz CT molecular complexity index is 3890. The van der Waals surface area contributed by atoms with Crippen molar-refractivity contribution in [2.75, 3.05) is 9.80 Å². The molecule has 0 aliphatic carbocycles. The molecule has 4 heterocycles. The monoisotopic (exact) mass is 1060 g/mol. The van der Waals surface area contributed by atoms with Crippen LogP contribution in [-0.2, 0) is 37.3 Å². The summed E-state index contributed by atoms with van der Waals surface area (Å²) in [6.07, 6.45) is 1.79. The average molecular weight is 1060 g/mol. The fourth-order valence-electron chi connectivity index (χ4n) is 8.93. The topological polar surface area (TPSA) is 38.5 Å². The summed E-state index contributed by atoms with van der Waals surface area (Å²) in [4.78, 5) is 9.16. The molecule has 0 fully saturated rings. The predicted molar refractivity (Wildman–Crippen MR) is 275 cm³/mol. The smallest absolute Gasteiger partial charge is 0.135 e. The van der Waals surface area contributed by atoms with E-state index in [4.69, 9.17) is 15.2 Å². The van der Waals surface area contributed by atoms with Gasteiger partial charge in [-0.25, -0.2) is 4.98 Å². The summed E-state index contributed by atoms with van der Waals surface area (Å²) in [5.74, 6) is 1.03. The molecule has 10 aromatic rings. The van der Waals surface area contributed by atoms with E-state index < -0.39 is 48.3 Å². The summed E-state index contributed by atoms with van der Waals surface area (Å²) in [6.45, 7) is 21.9. The van der Waals surface area contributed by atoms with Gasteiger partial charge in [0.25, 0.3) is 0 Å². The Kier molecular flexibility index (Phi) is 8.66. The summed E-state index contributed by atoms with van der Waals surface area (Å²) in [7, 11) is 0. The normalized spacial score (nSPS) is 14.9. The van der Waals surface area contributed by atoms with E-state index in [-0.39, 0.29) is 76.3 Å². The zero-order chi connectivity index (χ0) is 52.7. The van der Waals surface area contributed by atoms with Crippen molar-refractivity contribution in [1.82, 2.24) is 14.1 Å². The van der Waals surface area contributed by atoms with Crippen molar-refractivity contribution in [3.63, 3.8) is 0 Å². The molecular formula is C60H54N5OPt-3. The van der Waals surface area contributed by atoms with E-state index in [0.717, 1.165) is 33.5 Å². The molecule has 0 saturated heterocycles. The first-order valence-electron chi connectivity index (χ1n) is 26.3. The Labute approximate surface area is 420 Å². The number of pyridine rings is 1. The van der Waals surface area contributed by atoms with E-state index in [0.29, 0.717) is 22.4 Å². The van der Waals surface area contributed by atoms with Crippen LogP contribution in [0.25, 0.3) is 55.1 Å². The third-order valence-electron chi connectivity index (χ3n) is 12.6. The Morgan fingerprint density at radius 2 is 1.15 bits per heavy atom. The molecule has 3 aromatic heterocycles. The molecule has 7 heteroatoms. The van der Waals surface area contributed by atoms with E-state index in [1.54, 1.807) is 12.3 Å². The van der Waals surface area contributed by atoms with Gasteiger partial charge in [-0.2, -0.15) is 6.07 Å². The van der Waals surface area contributed by atoms with Gasteiger partial charge in [0.1, 0.15) is 5.82 Å². The third-order valence-corrected chi connectivity index (χ3v) is 12.6. The fourth-order valence-corrected chi connectivity index (χ4v) is 8.93. The summed E-state index contributed by atoms with van der Waals surface area (Å²) in [5.41, 5.74) is 8.27. The van der Waals surface area contributed by atoms with Crippen LogP contribution in [0.4, 0.5) is 22.7 Å². The number of aromatic nitrogens is 3. The molecule has 0 bridgehead atoms. The minimum absolute atomic E-state index is 0. The standard InChI is InChI=1S/C60H54N5O.Pt/c1-58(2,3)39-29-30-61-57(34-39)65-51-26-15-12-23-47(51)48-36-55(64-49-24-13-10-21-45(49)46-22-11-14-25-50(46)64)56(37-54(48)65)66-44-20-18-19-42(35-44)62-38-63(53-28-17-16-27-52(53)62)43-32-40(59(4,5)6)31-41(33-43)60(7,8)9;/h10-34,36,38H,1-9H3;/q-3;/i10D,11D,13D,14D,21D,22D,24D,25D;. The van der Waals surface area contributed by atoms with E-state index in [2.05, 4.69) is 127 Å². The van der Waals surface area contributed by atoms with E-state index in [9.17, 15) is 5.48 Å². The van der Waals surface area contributed by atoms with Crippen LogP contribution < -0.4 is 14.5 Å². The molecule has 338 valence electrons. The van der Waals surface area contributed by atoms with Crippen LogP contribution in [0, 0.1) is 18.8 Å². The first-order valence-corrected chi connectivity index (χ1v) is 22.3. The summed E-state index contributed by atoms with van der Waals surface area (Å²) in [5, 5.41) is 1.43. The van der Waals surface area contributed by atoms with Gasteiger partial charge in [0, 0.05) is 83.1 Å². The number of para-hydroxylation sites is 5. The van der Waals surface area contributed by atoms with Gasteiger partial charge < -0.3 is 23.7 Å². The summed E-state index contributed by atoms with van der Waals surface area (Å²) < 4.78 is 82.9. The second-order valence-electron chi connectivity index (χ2n) is 20.1. The Morgan fingerprint density at radius 3 is 1.81 bits per heavy atom. The number of hydrogen-bond acceptors (Lipinski definition) is 4. The Hall–Kier alpha value is -6.62. The van der Waals surface area contributed by atoms with E-state index in [1.165, 1.54) is 15.7 Å². The molecular weight excluding hydrogens is 1000 g/mol. The van der Waals surface area contributed by atoms with Gasteiger partial charge in [0.15, 0.2) is 0 Å². The molecule has 0 atom stereocenters. The molecule has 67 heavy (non-hydrogen) atoms. The van der Waals surface area contributed by atoms with Crippen molar-refractivity contribution in [2.24, 2.45) is 0 Å². The molecule has 7 aromatic carbocycles. The minimum atomic E-state index is -0.526. The minimum Gasteiger partial charge on any atom is -0.507 e. The third kappa shape index (κ3) is 7.70. The van der Waals surface area contributed by atoms with Crippen LogP contribution in [-0.4, -0.2) is 14.1 Å². The predicted octanol–water partition coefficient (Wildman–Crippen LogP) is 16.0. The molecule has 11 rings (SSSR count). The van der Waals surface area contributed by atoms with Crippen molar-refractivity contribution < 1.29 is 36.8 Å². The molecule has 0 unspecified atom stereocenters. The maximum Gasteiger partial charge on any atom is 0.135 e. The maximum absolute atomic E-state index is 9.40. The second-order valence-corrected chi connectivity index (χ2v) is 20.1. The first-order chi connectivity index (χ1) is 34.9. The van der Waals surface area contributed by atoms with Crippen molar-refractivity contribution >= 4 is 66.4 Å². The number of ether oxygens (including phenoxy) is 1. The van der Waals surface area contributed by atoms with Crippen LogP contribution in [0.5, 0.6) is 11.5 Å². The number of hydrogen-bond donors (Lipinski definition) is 0. The molecule has 0 amide bonds. The maximum atomic E-state index is 9.40. The van der Waals surface area contributed by atoms with Crippen molar-refractivity contribution in [3.8, 4) is 23.0 Å². The zero-order valence-corrected chi connectivity index (χ0v) is 41.2. The Balaban J connectivity index is 0.00000641. The van der Waals surface area contributed by atoms with Gasteiger partial charge in [-0.3, -0.25) is 0 Å². The number of nitrogens with zero attached hydrogens (tertiary/aromatic N) is 5. The van der Waals surface area contributed by atoms with Gasteiger partial charge in [0.05, 0.1) is 11.0 Å². The largest absolute Gasteiger partial charge is 0.507 e. The first kappa shape index (κ1) is 35.6. The van der Waals surface area contributed by atoms with Crippen molar-refractivity contribution in [1.29, 1.82) is 0 Å².